The lowest BCUT2D eigenvalue weighted by molar-refractivity contribution is 0.0928. The molecule has 0 unspecified atom stereocenters. The van der Waals surface area contributed by atoms with Gasteiger partial charge in [-0.15, -0.1) is 0 Å². The Labute approximate surface area is 111 Å². The van der Waals surface area contributed by atoms with Gasteiger partial charge in [-0.1, -0.05) is 0 Å². The number of aryl methyl sites for hydroxylation is 3. The van der Waals surface area contributed by atoms with Gasteiger partial charge in [0.2, 0.25) is 0 Å². The highest BCUT2D eigenvalue weighted by molar-refractivity contribution is 5.95. The van der Waals surface area contributed by atoms with Crippen LogP contribution in [0.3, 0.4) is 0 Å². The highest BCUT2D eigenvalue weighted by atomic mass is 16.3. The summed E-state index contributed by atoms with van der Waals surface area (Å²) >= 11 is 0. The molecule has 1 N–H and O–H groups in total. The van der Waals surface area contributed by atoms with Gasteiger partial charge in [0.1, 0.15) is 11.5 Å². The molecule has 5 heteroatoms. The molecule has 1 aliphatic rings. The number of furan rings is 1. The Morgan fingerprint density at radius 3 is 3.11 bits per heavy atom. The van der Waals surface area contributed by atoms with E-state index in [0.29, 0.717) is 11.3 Å². The van der Waals surface area contributed by atoms with E-state index >= 15 is 0 Å². The molecule has 0 spiro atoms. The largest absolute Gasteiger partial charge is 0.466 e. The maximum absolute atomic E-state index is 12.2. The summed E-state index contributed by atoms with van der Waals surface area (Å²) in [6.07, 6.45) is 3.56. The van der Waals surface area contributed by atoms with Gasteiger partial charge in [-0.05, 0) is 32.4 Å². The molecular formula is C14H17N3O2. The number of nitrogens with zero attached hydrogens (tertiary/aromatic N) is 2. The molecule has 0 saturated carbocycles. The quantitative estimate of drug-likeness (QED) is 0.895. The lowest BCUT2D eigenvalue weighted by atomic mass is 10.0. The fourth-order valence-corrected chi connectivity index (χ4v) is 2.61. The monoisotopic (exact) mass is 259 g/mol. The molecule has 2 aromatic rings. The van der Waals surface area contributed by atoms with Crippen molar-refractivity contribution in [3.8, 4) is 0 Å². The lowest BCUT2D eigenvalue weighted by Crippen LogP contribution is -2.40. The summed E-state index contributed by atoms with van der Waals surface area (Å²) in [5.74, 6) is 1.40. The maximum Gasteiger partial charge on any atom is 0.255 e. The first-order valence-electron chi connectivity index (χ1n) is 6.52. The van der Waals surface area contributed by atoms with Crippen LogP contribution in [0.25, 0.3) is 0 Å². The Kier molecular flexibility index (Phi) is 2.89. The van der Waals surface area contributed by atoms with Crippen LogP contribution in [0.2, 0.25) is 0 Å². The van der Waals surface area contributed by atoms with E-state index in [2.05, 4.69) is 10.4 Å². The maximum atomic E-state index is 12.2. The molecule has 0 saturated heterocycles. The summed E-state index contributed by atoms with van der Waals surface area (Å²) in [7, 11) is 0. The molecule has 0 aromatic carbocycles. The van der Waals surface area contributed by atoms with Gasteiger partial charge >= 0.3 is 0 Å². The second-order valence-electron chi connectivity index (χ2n) is 5.04. The molecule has 0 aliphatic carbocycles. The number of rotatable bonds is 2. The van der Waals surface area contributed by atoms with Gasteiger partial charge in [-0.2, -0.15) is 5.10 Å². The third-order valence-electron chi connectivity index (χ3n) is 3.57. The van der Waals surface area contributed by atoms with Gasteiger partial charge in [-0.25, -0.2) is 0 Å². The summed E-state index contributed by atoms with van der Waals surface area (Å²) in [5.41, 5.74) is 1.81. The Balaban J connectivity index is 1.70. The zero-order valence-corrected chi connectivity index (χ0v) is 11.1. The van der Waals surface area contributed by atoms with Gasteiger partial charge in [-0.3, -0.25) is 9.48 Å². The number of aromatic nitrogens is 2. The zero-order chi connectivity index (χ0) is 13.4. The van der Waals surface area contributed by atoms with Crippen molar-refractivity contribution in [3.05, 3.63) is 41.1 Å². The number of carbonyl (C=O) groups is 1. The summed E-state index contributed by atoms with van der Waals surface area (Å²) in [6.45, 7) is 4.53. The third-order valence-corrected chi connectivity index (χ3v) is 3.57. The van der Waals surface area contributed by atoms with Crippen LogP contribution >= 0.6 is 0 Å². The minimum absolute atomic E-state index is 0.0488. The first-order valence-corrected chi connectivity index (χ1v) is 6.52. The Morgan fingerprint density at radius 1 is 1.53 bits per heavy atom. The SMILES string of the molecule is Cc1cc(C(=O)N[C@H]2CCn3nccc3C2)c(C)o1. The van der Waals surface area contributed by atoms with Gasteiger partial charge in [0, 0.05) is 30.9 Å². The number of nitrogens with one attached hydrogen (secondary N) is 1. The summed E-state index contributed by atoms with van der Waals surface area (Å²) in [5, 5.41) is 7.31. The molecule has 19 heavy (non-hydrogen) atoms. The van der Waals surface area contributed by atoms with E-state index in [1.54, 1.807) is 6.07 Å². The topological polar surface area (TPSA) is 60.1 Å². The predicted molar refractivity (Wildman–Crippen MR) is 70.0 cm³/mol. The summed E-state index contributed by atoms with van der Waals surface area (Å²) < 4.78 is 7.39. The van der Waals surface area contributed by atoms with Crippen LogP contribution in [0.1, 0.15) is 34.0 Å². The van der Waals surface area contributed by atoms with Gasteiger partial charge in [0.25, 0.3) is 5.91 Å². The van der Waals surface area contributed by atoms with Crippen LogP contribution in [-0.4, -0.2) is 21.7 Å². The molecule has 100 valence electrons. The van der Waals surface area contributed by atoms with Crippen molar-refractivity contribution in [1.29, 1.82) is 0 Å². The normalized spacial score (nSPS) is 18.1. The molecule has 0 radical (unpaired) electrons. The van der Waals surface area contributed by atoms with E-state index in [-0.39, 0.29) is 11.9 Å². The zero-order valence-electron chi connectivity index (χ0n) is 11.1. The average Bonchev–Trinajstić information content (AvgIpc) is 2.94. The van der Waals surface area contributed by atoms with E-state index in [4.69, 9.17) is 4.42 Å². The minimum atomic E-state index is -0.0488. The number of hydrogen-bond acceptors (Lipinski definition) is 3. The molecule has 5 nitrogen and oxygen atoms in total. The fraction of sp³-hybridized carbons (Fsp3) is 0.429. The Bertz CT molecular complexity index is 612. The molecule has 3 heterocycles. The van der Waals surface area contributed by atoms with Gasteiger partial charge in [0.15, 0.2) is 0 Å². The van der Waals surface area contributed by atoms with Crippen LogP contribution in [0.15, 0.2) is 22.7 Å². The summed E-state index contributed by atoms with van der Waals surface area (Å²) in [4.78, 5) is 12.2. The van der Waals surface area contributed by atoms with Crippen molar-refractivity contribution in [2.45, 2.75) is 39.3 Å². The Morgan fingerprint density at radius 2 is 2.37 bits per heavy atom. The van der Waals surface area contributed by atoms with Crippen molar-refractivity contribution in [2.75, 3.05) is 0 Å². The smallest absolute Gasteiger partial charge is 0.255 e. The molecule has 0 bridgehead atoms. The average molecular weight is 259 g/mol. The van der Waals surface area contributed by atoms with Gasteiger partial charge in [0.05, 0.1) is 5.56 Å². The van der Waals surface area contributed by atoms with E-state index in [0.717, 1.165) is 25.1 Å². The molecule has 1 aliphatic heterocycles. The fourth-order valence-electron chi connectivity index (χ4n) is 2.61. The first-order chi connectivity index (χ1) is 9.13. The number of hydrogen-bond donors (Lipinski definition) is 1. The highest BCUT2D eigenvalue weighted by Gasteiger charge is 2.22. The van der Waals surface area contributed by atoms with Crippen LogP contribution in [-0.2, 0) is 13.0 Å². The van der Waals surface area contributed by atoms with E-state index in [1.807, 2.05) is 30.8 Å². The van der Waals surface area contributed by atoms with Gasteiger partial charge < -0.3 is 9.73 Å². The predicted octanol–water partition coefficient (Wildman–Crippen LogP) is 1.84. The second-order valence-corrected chi connectivity index (χ2v) is 5.04. The molecule has 2 aromatic heterocycles. The summed E-state index contributed by atoms with van der Waals surface area (Å²) in [6, 6.07) is 3.97. The Hall–Kier alpha value is -2.04. The van der Waals surface area contributed by atoms with Crippen molar-refractivity contribution in [3.63, 3.8) is 0 Å². The van der Waals surface area contributed by atoms with Crippen molar-refractivity contribution < 1.29 is 9.21 Å². The van der Waals surface area contributed by atoms with E-state index in [9.17, 15) is 4.79 Å². The highest BCUT2D eigenvalue weighted by Crippen LogP contribution is 2.17. The molecular weight excluding hydrogens is 242 g/mol. The van der Waals surface area contributed by atoms with Crippen LogP contribution < -0.4 is 5.32 Å². The third kappa shape index (κ3) is 2.28. The van der Waals surface area contributed by atoms with E-state index < -0.39 is 0 Å². The minimum Gasteiger partial charge on any atom is -0.466 e. The lowest BCUT2D eigenvalue weighted by Gasteiger charge is -2.24. The molecule has 1 atom stereocenters. The van der Waals surface area contributed by atoms with Crippen LogP contribution in [0.5, 0.6) is 0 Å². The van der Waals surface area contributed by atoms with Crippen molar-refractivity contribution in [2.24, 2.45) is 0 Å². The van der Waals surface area contributed by atoms with Crippen LogP contribution in [0.4, 0.5) is 0 Å². The number of fused-ring (bicyclic) bond motifs is 1. The number of carbonyl (C=O) groups excluding carboxylic acids is 1. The molecule has 0 fully saturated rings. The molecule has 1 amide bonds. The van der Waals surface area contributed by atoms with Crippen molar-refractivity contribution in [1.82, 2.24) is 15.1 Å². The number of amides is 1. The first kappa shape index (κ1) is 12.0. The second kappa shape index (κ2) is 4.57. The standard InChI is InChI=1S/C14H17N3O2/c1-9-7-13(10(2)19-9)14(18)16-11-4-6-17-12(8-11)3-5-15-17/h3,5,7,11H,4,6,8H2,1-2H3,(H,16,18)/t11-/m0/s1. The molecule has 3 rings (SSSR count). The van der Waals surface area contributed by atoms with E-state index in [1.165, 1.54) is 5.69 Å². The van der Waals surface area contributed by atoms with Crippen molar-refractivity contribution >= 4 is 5.91 Å². The van der Waals surface area contributed by atoms with Crippen LogP contribution in [0, 0.1) is 13.8 Å².